The van der Waals surface area contributed by atoms with Gasteiger partial charge in [-0.15, -0.1) is 0 Å². The molecule has 6 heteroatoms. The van der Waals surface area contributed by atoms with E-state index >= 15 is 0 Å². The summed E-state index contributed by atoms with van der Waals surface area (Å²) in [6, 6.07) is 1.61. The standard InChI is InChI=1S/C9H8N4OS/c1-2-15(14)8-3-6-7(4-11-8)12-5-13-9(6)10/h2-5H,1H2,(H2,10,12,13). The van der Waals surface area contributed by atoms with E-state index in [1.165, 1.54) is 17.9 Å². The summed E-state index contributed by atoms with van der Waals surface area (Å²) in [6.45, 7) is 3.44. The van der Waals surface area contributed by atoms with Gasteiger partial charge in [-0.3, -0.25) is 0 Å². The lowest BCUT2D eigenvalue weighted by Crippen LogP contribution is -1.96. The predicted octanol–water partition coefficient (Wildman–Crippen LogP) is 0.858. The fourth-order valence-electron chi connectivity index (χ4n) is 1.16. The molecule has 5 nitrogen and oxygen atoms in total. The van der Waals surface area contributed by atoms with E-state index < -0.39 is 10.8 Å². The zero-order valence-corrected chi connectivity index (χ0v) is 8.57. The van der Waals surface area contributed by atoms with Crippen molar-refractivity contribution in [1.29, 1.82) is 0 Å². The Hall–Kier alpha value is -1.82. The summed E-state index contributed by atoms with van der Waals surface area (Å²) in [5.41, 5.74) is 6.29. The number of nitrogens with zero attached hydrogens (tertiary/aromatic N) is 3. The summed E-state index contributed by atoms with van der Waals surface area (Å²) in [5.74, 6) is 0.352. The van der Waals surface area contributed by atoms with Crippen molar-refractivity contribution in [1.82, 2.24) is 15.0 Å². The zero-order valence-electron chi connectivity index (χ0n) is 7.75. The van der Waals surface area contributed by atoms with Crippen LogP contribution in [0.2, 0.25) is 0 Å². The molecule has 0 saturated heterocycles. The normalized spacial score (nSPS) is 12.5. The Balaban J connectivity index is 2.69. The van der Waals surface area contributed by atoms with Crippen molar-refractivity contribution in [3.8, 4) is 0 Å². The highest BCUT2D eigenvalue weighted by atomic mass is 32.2. The average Bonchev–Trinajstić information content (AvgIpc) is 2.28. The van der Waals surface area contributed by atoms with E-state index in [-0.39, 0.29) is 0 Å². The molecule has 1 unspecified atom stereocenters. The topological polar surface area (TPSA) is 81.8 Å². The number of rotatable bonds is 2. The molecule has 0 bridgehead atoms. The lowest BCUT2D eigenvalue weighted by atomic mass is 10.3. The summed E-state index contributed by atoms with van der Waals surface area (Å²) in [6.07, 6.45) is 2.88. The minimum atomic E-state index is -1.31. The molecule has 0 aliphatic carbocycles. The Labute approximate surface area is 88.5 Å². The number of aromatic nitrogens is 3. The molecule has 0 aromatic carbocycles. The van der Waals surface area contributed by atoms with Gasteiger partial charge in [0.15, 0.2) is 0 Å². The Bertz CT molecular complexity index is 555. The number of pyridine rings is 1. The second kappa shape index (κ2) is 3.74. The molecule has 0 aliphatic heterocycles. The van der Waals surface area contributed by atoms with Crippen LogP contribution in [0.3, 0.4) is 0 Å². The van der Waals surface area contributed by atoms with Gasteiger partial charge >= 0.3 is 0 Å². The Morgan fingerprint density at radius 1 is 1.40 bits per heavy atom. The number of nitrogens with two attached hydrogens (primary N) is 1. The highest BCUT2D eigenvalue weighted by Crippen LogP contribution is 2.17. The van der Waals surface area contributed by atoms with Crippen molar-refractivity contribution in [2.45, 2.75) is 5.03 Å². The van der Waals surface area contributed by atoms with Crippen LogP contribution in [0.1, 0.15) is 0 Å². The fourth-order valence-corrected chi connectivity index (χ4v) is 1.72. The molecular formula is C9H8N4OS. The van der Waals surface area contributed by atoms with Crippen molar-refractivity contribution < 1.29 is 4.21 Å². The molecule has 2 rings (SSSR count). The van der Waals surface area contributed by atoms with Crippen molar-refractivity contribution in [2.75, 3.05) is 5.73 Å². The molecule has 0 fully saturated rings. The second-order valence-electron chi connectivity index (χ2n) is 2.76. The van der Waals surface area contributed by atoms with Crippen LogP contribution in [0.5, 0.6) is 0 Å². The molecule has 15 heavy (non-hydrogen) atoms. The molecule has 2 N–H and O–H groups in total. The van der Waals surface area contributed by atoms with Gasteiger partial charge in [-0.1, -0.05) is 6.58 Å². The molecule has 2 aromatic rings. The molecule has 0 amide bonds. The Morgan fingerprint density at radius 2 is 2.20 bits per heavy atom. The smallest absolute Gasteiger partial charge is 0.134 e. The highest BCUT2D eigenvalue weighted by molar-refractivity contribution is 7.87. The quantitative estimate of drug-likeness (QED) is 0.811. The number of hydrogen-bond acceptors (Lipinski definition) is 5. The minimum Gasteiger partial charge on any atom is -0.383 e. The maximum atomic E-state index is 11.4. The van der Waals surface area contributed by atoms with E-state index in [1.807, 2.05) is 0 Å². The van der Waals surface area contributed by atoms with Crippen LogP contribution in [0, 0.1) is 0 Å². The number of anilines is 1. The monoisotopic (exact) mass is 220 g/mol. The molecule has 76 valence electrons. The molecule has 2 aromatic heterocycles. The maximum Gasteiger partial charge on any atom is 0.134 e. The lowest BCUT2D eigenvalue weighted by molar-refractivity contribution is 0.686. The van der Waals surface area contributed by atoms with Crippen LogP contribution < -0.4 is 5.73 Å². The first-order chi connectivity index (χ1) is 7.22. The SMILES string of the molecule is C=CS(=O)c1cc2c(N)ncnc2cn1. The van der Waals surface area contributed by atoms with Crippen LogP contribution in [0.4, 0.5) is 5.82 Å². The molecule has 0 spiro atoms. The third-order valence-corrected chi connectivity index (χ3v) is 2.82. The average molecular weight is 220 g/mol. The first-order valence-corrected chi connectivity index (χ1v) is 5.33. The van der Waals surface area contributed by atoms with Gasteiger partial charge in [-0.05, 0) is 6.07 Å². The van der Waals surface area contributed by atoms with Gasteiger partial charge in [0.25, 0.3) is 0 Å². The van der Waals surface area contributed by atoms with E-state index in [0.29, 0.717) is 21.7 Å². The van der Waals surface area contributed by atoms with E-state index in [0.717, 1.165) is 0 Å². The van der Waals surface area contributed by atoms with Gasteiger partial charge in [-0.25, -0.2) is 19.2 Å². The molecule has 0 aliphatic rings. The summed E-state index contributed by atoms with van der Waals surface area (Å²) in [4.78, 5) is 11.8. The number of fused-ring (bicyclic) bond motifs is 1. The first kappa shape index (κ1) is 9.72. The number of nitrogen functional groups attached to an aromatic ring is 1. The summed E-state index contributed by atoms with van der Waals surface area (Å²) >= 11 is 0. The van der Waals surface area contributed by atoms with Crippen LogP contribution in [0.15, 0.2) is 35.6 Å². The van der Waals surface area contributed by atoms with Crippen molar-refractivity contribution in [3.63, 3.8) is 0 Å². The van der Waals surface area contributed by atoms with E-state index in [9.17, 15) is 4.21 Å². The van der Waals surface area contributed by atoms with Gasteiger partial charge < -0.3 is 5.73 Å². The molecule has 2 heterocycles. The van der Waals surface area contributed by atoms with Gasteiger partial charge in [0.2, 0.25) is 0 Å². The third kappa shape index (κ3) is 1.71. The van der Waals surface area contributed by atoms with Gasteiger partial charge in [0.1, 0.15) is 17.2 Å². The highest BCUT2D eigenvalue weighted by Gasteiger charge is 2.05. The third-order valence-electron chi connectivity index (χ3n) is 1.88. The van der Waals surface area contributed by atoms with Crippen molar-refractivity contribution >= 4 is 27.5 Å². The maximum absolute atomic E-state index is 11.4. The summed E-state index contributed by atoms with van der Waals surface area (Å²) in [5, 5.41) is 2.37. The van der Waals surface area contributed by atoms with E-state index in [1.54, 1.807) is 6.07 Å². The van der Waals surface area contributed by atoms with Gasteiger partial charge in [0, 0.05) is 10.8 Å². The van der Waals surface area contributed by atoms with E-state index in [4.69, 9.17) is 5.73 Å². The predicted molar refractivity (Wildman–Crippen MR) is 58.4 cm³/mol. The molecule has 0 radical (unpaired) electrons. The fraction of sp³-hybridized carbons (Fsp3) is 0. The van der Waals surface area contributed by atoms with Gasteiger partial charge in [0.05, 0.1) is 22.5 Å². The largest absolute Gasteiger partial charge is 0.383 e. The number of hydrogen-bond donors (Lipinski definition) is 1. The minimum absolute atomic E-state index is 0.352. The molecule has 0 saturated carbocycles. The second-order valence-corrected chi connectivity index (χ2v) is 4.11. The molecular weight excluding hydrogens is 212 g/mol. The lowest BCUT2D eigenvalue weighted by Gasteiger charge is -2.01. The first-order valence-electron chi connectivity index (χ1n) is 4.11. The van der Waals surface area contributed by atoms with Crippen LogP contribution in [0.25, 0.3) is 10.9 Å². The van der Waals surface area contributed by atoms with Crippen LogP contribution in [-0.4, -0.2) is 19.2 Å². The molecule has 1 atom stereocenters. The van der Waals surface area contributed by atoms with E-state index in [2.05, 4.69) is 21.5 Å². The van der Waals surface area contributed by atoms with Gasteiger partial charge in [-0.2, -0.15) is 0 Å². The van der Waals surface area contributed by atoms with Crippen molar-refractivity contribution in [3.05, 3.63) is 30.6 Å². The summed E-state index contributed by atoms with van der Waals surface area (Å²) in [7, 11) is -1.31. The Morgan fingerprint density at radius 3 is 2.93 bits per heavy atom. The summed E-state index contributed by atoms with van der Waals surface area (Å²) < 4.78 is 11.4. The van der Waals surface area contributed by atoms with Crippen molar-refractivity contribution in [2.24, 2.45) is 0 Å². The Kier molecular flexibility index (Phi) is 2.42. The van der Waals surface area contributed by atoms with Crippen LogP contribution in [-0.2, 0) is 10.8 Å². The van der Waals surface area contributed by atoms with Crippen LogP contribution >= 0.6 is 0 Å². The zero-order chi connectivity index (χ0) is 10.8.